The minimum absolute atomic E-state index is 0.202. The van der Waals surface area contributed by atoms with E-state index in [2.05, 4.69) is 10.3 Å². The first-order valence-corrected chi connectivity index (χ1v) is 7.29. The van der Waals surface area contributed by atoms with Crippen molar-refractivity contribution < 1.29 is 14.3 Å². The standard InChI is InChI=1S/C13H13Cl2N3O3/c1-7(19)21-8-2-3-13(20-6-8)18-12-5-10(15)9(14)4-11(12)16-17-18/h4-5,8,13H,2-3,6H2,1H3/t8-,13+/m0/s1. The summed E-state index contributed by atoms with van der Waals surface area (Å²) in [4.78, 5) is 10.9. The molecule has 2 atom stereocenters. The summed E-state index contributed by atoms with van der Waals surface area (Å²) < 4.78 is 12.5. The van der Waals surface area contributed by atoms with Crippen LogP contribution in [0.3, 0.4) is 0 Å². The van der Waals surface area contributed by atoms with Crippen molar-refractivity contribution in [3.63, 3.8) is 0 Å². The van der Waals surface area contributed by atoms with Crippen LogP contribution in [-0.4, -0.2) is 33.7 Å². The number of carbonyl (C=O) groups is 1. The van der Waals surface area contributed by atoms with E-state index in [1.165, 1.54) is 6.92 Å². The van der Waals surface area contributed by atoms with Crippen molar-refractivity contribution in [1.82, 2.24) is 15.0 Å². The molecule has 8 heteroatoms. The van der Waals surface area contributed by atoms with Crippen LogP contribution in [-0.2, 0) is 14.3 Å². The highest BCUT2D eigenvalue weighted by Crippen LogP contribution is 2.30. The van der Waals surface area contributed by atoms with E-state index in [1.54, 1.807) is 16.8 Å². The molecule has 0 unspecified atom stereocenters. The molecule has 0 aliphatic carbocycles. The Morgan fingerprint density at radius 2 is 2.14 bits per heavy atom. The monoisotopic (exact) mass is 329 g/mol. The fourth-order valence-corrected chi connectivity index (χ4v) is 2.70. The van der Waals surface area contributed by atoms with Gasteiger partial charge in [0.1, 0.15) is 11.6 Å². The van der Waals surface area contributed by atoms with Crippen molar-refractivity contribution in [2.24, 2.45) is 0 Å². The first kappa shape index (κ1) is 14.6. The quantitative estimate of drug-likeness (QED) is 0.792. The number of rotatable bonds is 2. The second-order valence-electron chi connectivity index (χ2n) is 4.89. The van der Waals surface area contributed by atoms with Crippen molar-refractivity contribution in [3.8, 4) is 0 Å². The normalized spacial score (nSPS) is 22.4. The Morgan fingerprint density at radius 1 is 1.38 bits per heavy atom. The summed E-state index contributed by atoms with van der Waals surface area (Å²) in [5.41, 5.74) is 1.43. The molecule has 3 rings (SSSR count). The Hall–Kier alpha value is -1.37. The highest BCUT2D eigenvalue weighted by atomic mass is 35.5. The van der Waals surface area contributed by atoms with E-state index in [9.17, 15) is 4.79 Å². The Labute approximate surface area is 130 Å². The highest BCUT2D eigenvalue weighted by molar-refractivity contribution is 6.42. The fraction of sp³-hybridized carbons (Fsp3) is 0.462. The van der Waals surface area contributed by atoms with Gasteiger partial charge < -0.3 is 9.47 Å². The van der Waals surface area contributed by atoms with Gasteiger partial charge in [-0.05, 0) is 25.0 Å². The molecule has 0 radical (unpaired) electrons. The largest absolute Gasteiger partial charge is 0.460 e. The second kappa shape index (κ2) is 5.79. The van der Waals surface area contributed by atoms with Crippen LogP contribution < -0.4 is 0 Å². The number of aromatic nitrogens is 3. The van der Waals surface area contributed by atoms with E-state index in [0.717, 1.165) is 5.52 Å². The molecular weight excluding hydrogens is 317 g/mol. The number of halogens is 2. The van der Waals surface area contributed by atoms with Gasteiger partial charge in [0, 0.05) is 6.92 Å². The van der Waals surface area contributed by atoms with Crippen LogP contribution in [0.5, 0.6) is 0 Å². The van der Waals surface area contributed by atoms with Crippen molar-refractivity contribution in [2.45, 2.75) is 32.1 Å². The average molecular weight is 330 g/mol. The van der Waals surface area contributed by atoms with Crippen LogP contribution in [0.4, 0.5) is 0 Å². The maximum atomic E-state index is 10.9. The van der Waals surface area contributed by atoms with E-state index in [-0.39, 0.29) is 18.3 Å². The molecule has 1 aromatic heterocycles. The zero-order valence-electron chi connectivity index (χ0n) is 11.3. The van der Waals surface area contributed by atoms with E-state index < -0.39 is 0 Å². The molecule has 0 amide bonds. The van der Waals surface area contributed by atoms with Crippen molar-refractivity contribution in [3.05, 3.63) is 22.2 Å². The third kappa shape index (κ3) is 2.97. The molecule has 1 saturated heterocycles. The fourth-order valence-electron chi connectivity index (χ4n) is 2.38. The Kier molecular flexibility index (Phi) is 4.01. The molecular formula is C13H13Cl2N3O3. The molecule has 1 aromatic carbocycles. The lowest BCUT2D eigenvalue weighted by atomic mass is 10.1. The predicted octanol–water partition coefficient (Wildman–Crippen LogP) is 2.98. The summed E-state index contributed by atoms with van der Waals surface area (Å²) in [6.07, 6.45) is 0.939. The van der Waals surface area contributed by atoms with E-state index >= 15 is 0 Å². The minimum atomic E-state index is -0.297. The van der Waals surface area contributed by atoms with Gasteiger partial charge in [0.15, 0.2) is 6.23 Å². The molecule has 0 bridgehead atoms. The van der Waals surface area contributed by atoms with Crippen LogP contribution >= 0.6 is 23.2 Å². The number of hydrogen-bond acceptors (Lipinski definition) is 5. The van der Waals surface area contributed by atoms with Crippen molar-refractivity contribution in [1.29, 1.82) is 0 Å². The number of hydrogen-bond donors (Lipinski definition) is 0. The molecule has 1 fully saturated rings. The van der Waals surface area contributed by atoms with Gasteiger partial charge in [-0.15, -0.1) is 5.10 Å². The molecule has 21 heavy (non-hydrogen) atoms. The lowest BCUT2D eigenvalue weighted by molar-refractivity contribution is -0.160. The summed E-state index contributed by atoms with van der Waals surface area (Å²) in [7, 11) is 0. The van der Waals surface area contributed by atoms with Gasteiger partial charge in [0.25, 0.3) is 0 Å². The molecule has 112 valence electrons. The number of fused-ring (bicyclic) bond motifs is 1. The predicted molar refractivity (Wildman–Crippen MR) is 77.3 cm³/mol. The number of ether oxygens (including phenoxy) is 2. The van der Waals surface area contributed by atoms with Crippen LogP contribution in [0.15, 0.2) is 12.1 Å². The molecule has 0 saturated carbocycles. The van der Waals surface area contributed by atoms with Crippen LogP contribution in [0.1, 0.15) is 26.0 Å². The zero-order chi connectivity index (χ0) is 15.0. The first-order chi connectivity index (χ1) is 10.0. The van der Waals surface area contributed by atoms with Gasteiger partial charge >= 0.3 is 5.97 Å². The maximum Gasteiger partial charge on any atom is 0.302 e. The molecule has 0 N–H and O–H groups in total. The molecule has 2 heterocycles. The van der Waals surface area contributed by atoms with E-state index in [0.29, 0.717) is 35.0 Å². The number of esters is 1. The smallest absolute Gasteiger partial charge is 0.302 e. The number of nitrogens with zero attached hydrogens (tertiary/aromatic N) is 3. The molecule has 2 aromatic rings. The van der Waals surface area contributed by atoms with Gasteiger partial charge in [-0.25, -0.2) is 4.68 Å². The molecule has 1 aliphatic rings. The summed E-state index contributed by atoms with van der Waals surface area (Å²) in [6, 6.07) is 3.40. The topological polar surface area (TPSA) is 66.2 Å². The summed E-state index contributed by atoms with van der Waals surface area (Å²) in [6.45, 7) is 1.73. The summed E-state index contributed by atoms with van der Waals surface area (Å²) in [5.74, 6) is -0.297. The minimum Gasteiger partial charge on any atom is -0.460 e. The third-order valence-corrected chi connectivity index (χ3v) is 4.05. The van der Waals surface area contributed by atoms with Crippen molar-refractivity contribution >= 4 is 40.2 Å². The van der Waals surface area contributed by atoms with Gasteiger partial charge in [-0.2, -0.15) is 0 Å². The number of carbonyl (C=O) groups excluding carboxylic acids is 1. The SMILES string of the molecule is CC(=O)O[C@H]1CC[C@H](n2nnc3cc(Cl)c(Cl)cc32)OC1. The lowest BCUT2D eigenvalue weighted by Crippen LogP contribution is -2.31. The average Bonchev–Trinajstić information content (AvgIpc) is 2.82. The van der Waals surface area contributed by atoms with E-state index in [4.69, 9.17) is 32.7 Å². The lowest BCUT2D eigenvalue weighted by Gasteiger charge is -2.28. The summed E-state index contributed by atoms with van der Waals surface area (Å²) in [5, 5.41) is 9.06. The maximum absolute atomic E-state index is 10.9. The van der Waals surface area contributed by atoms with Gasteiger partial charge in [0.05, 0.1) is 22.2 Å². The second-order valence-corrected chi connectivity index (χ2v) is 5.70. The Bertz CT molecular complexity index is 681. The molecule has 1 aliphatic heterocycles. The van der Waals surface area contributed by atoms with Gasteiger partial charge in [-0.1, -0.05) is 28.4 Å². The van der Waals surface area contributed by atoms with Crippen LogP contribution in [0.25, 0.3) is 11.0 Å². The van der Waals surface area contributed by atoms with Crippen LogP contribution in [0, 0.1) is 0 Å². The Morgan fingerprint density at radius 3 is 2.81 bits per heavy atom. The summed E-state index contributed by atoms with van der Waals surface area (Å²) >= 11 is 12.0. The van der Waals surface area contributed by atoms with Crippen LogP contribution in [0.2, 0.25) is 10.0 Å². The number of benzene rings is 1. The van der Waals surface area contributed by atoms with Gasteiger partial charge in [-0.3, -0.25) is 4.79 Å². The van der Waals surface area contributed by atoms with E-state index in [1.807, 2.05) is 0 Å². The Balaban J connectivity index is 1.79. The van der Waals surface area contributed by atoms with Crippen molar-refractivity contribution in [2.75, 3.05) is 6.61 Å². The third-order valence-electron chi connectivity index (χ3n) is 3.33. The molecule has 0 spiro atoms. The zero-order valence-corrected chi connectivity index (χ0v) is 12.8. The first-order valence-electron chi connectivity index (χ1n) is 6.53. The van der Waals surface area contributed by atoms with Gasteiger partial charge in [0.2, 0.25) is 0 Å². The highest BCUT2D eigenvalue weighted by Gasteiger charge is 2.26. The molecule has 6 nitrogen and oxygen atoms in total.